The van der Waals surface area contributed by atoms with Crippen molar-refractivity contribution in [3.63, 3.8) is 0 Å². The van der Waals surface area contributed by atoms with Crippen LogP contribution in [0.2, 0.25) is 0 Å². The highest BCUT2D eigenvalue weighted by Gasteiger charge is 2.27. The van der Waals surface area contributed by atoms with E-state index in [0.717, 1.165) is 30.5 Å². The molecule has 0 aliphatic heterocycles. The van der Waals surface area contributed by atoms with Crippen LogP contribution >= 0.6 is 0 Å². The molecule has 3 N–H and O–H groups in total. The summed E-state index contributed by atoms with van der Waals surface area (Å²) in [4.78, 5) is 50.8. The summed E-state index contributed by atoms with van der Waals surface area (Å²) in [5.41, 5.74) is 2.65. The van der Waals surface area contributed by atoms with Crippen LogP contribution < -0.4 is 21.3 Å². The van der Waals surface area contributed by atoms with Gasteiger partial charge < -0.3 is 20.1 Å². The lowest BCUT2D eigenvalue weighted by Crippen LogP contribution is -2.39. The second-order valence-corrected chi connectivity index (χ2v) is 8.62. The number of H-pyrrole nitrogens is 1. The predicted octanol–water partition coefficient (Wildman–Crippen LogP) is 3.19. The normalized spacial score (nSPS) is 14.5. The second-order valence-electron chi connectivity index (χ2n) is 8.62. The maximum atomic E-state index is 12.7. The Hall–Kier alpha value is -4.87. The number of carbonyl (C=O) groups is 1. The zero-order valence-corrected chi connectivity index (χ0v) is 19.2. The van der Waals surface area contributed by atoms with Crippen LogP contribution in [-0.4, -0.2) is 37.5 Å². The largest absolute Gasteiger partial charge is 0.425 e. The first-order valence-corrected chi connectivity index (χ1v) is 11.2. The number of nitrogens with zero attached hydrogens (tertiary/aromatic N) is 4. The zero-order valence-electron chi connectivity index (χ0n) is 19.2. The summed E-state index contributed by atoms with van der Waals surface area (Å²) >= 11 is 0. The highest BCUT2D eigenvalue weighted by molar-refractivity contribution is 6.01. The molecule has 2 aromatic heterocycles. The average Bonchev–Trinajstić information content (AvgIpc) is 3.37. The van der Waals surface area contributed by atoms with E-state index in [1.165, 1.54) is 29.2 Å². The molecule has 0 radical (unpaired) electrons. The quantitative estimate of drug-likeness (QED) is 0.221. The van der Waals surface area contributed by atoms with Gasteiger partial charge in [-0.15, -0.1) is 4.73 Å². The molecule has 0 fully saturated rings. The summed E-state index contributed by atoms with van der Waals surface area (Å²) in [7, 11) is 1.61. The van der Waals surface area contributed by atoms with Crippen LogP contribution in [0, 0.1) is 10.1 Å². The molecular weight excluding hydrogens is 468 g/mol. The van der Waals surface area contributed by atoms with Crippen molar-refractivity contribution in [3.8, 4) is 0 Å². The first kappa shape index (κ1) is 22.9. The lowest BCUT2D eigenvalue weighted by Gasteiger charge is -2.27. The average molecular weight is 490 g/mol. The van der Waals surface area contributed by atoms with Crippen molar-refractivity contribution in [1.29, 1.82) is 0 Å². The number of non-ortho nitro benzene ring substituents is 1. The van der Waals surface area contributed by atoms with Gasteiger partial charge in [0, 0.05) is 54.2 Å². The molecule has 0 saturated carbocycles. The SMILES string of the molecule is CN(C(=O)Nc1ccc([N+](=O)[O-])cc1)c1ccn(C2=CC3=C(CC2)CCc2[nH]c(=O)c(=O)n(O)c23)c1. The summed E-state index contributed by atoms with van der Waals surface area (Å²) in [6.07, 6.45) is 8.21. The van der Waals surface area contributed by atoms with Crippen LogP contribution in [0.5, 0.6) is 0 Å². The molecule has 12 heteroatoms. The highest BCUT2D eigenvalue weighted by atomic mass is 16.6. The Kier molecular flexibility index (Phi) is 5.55. The van der Waals surface area contributed by atoms with Crippen LogP contribution in [0.25, 0.3) is 11.3 Å². The van der Waals surface area contributed by atoms with Gasteiger partial charge in [0.1, 0.15) is 5.69 Å². The van der Waals surface area contributed by atoms with Crippen molar-refractivity contribution in [2.75, 3.05) is 17.3 Å². The maximum Gasteiger partial charge on any atom is 0.348 e. The number of aromatic nitrogens is 3. The van der Waals surface area contributed by atoms with Gasteiger partial charge in [0.05, 0.1) is 10.6 Å². The molecule has 0 spiro atoms. The van der Waals surface area contributed by atoms with Gasteiger partial charge in [-0.25, -0.2) is 4.79 Å². The number of nitro groups is 1. The first-order valence-electron chi connectivity index (χ1n) is 11.2. The summed E-state index contributed by atoms with van der Waals surface area (Å²) in [6, 6.07) is 6.91. The van der Waals surface area contributed by atoms with Crippen molar-refractivity contribution in [2.24, 2.45) is 0 Å². The van der Waals surface area contributed by atoms with Gasteiger partial charge in [0.2, 0.25) is 0 Å². The van der Waals surface area contributed by atoms with E-state index in [9.17, 15) is 29.7 Å². The van der Waals surface area contributed by atoms with Crippen LogP contribution in [-0.2, 0) is 6.42 Å². The number of urea groups is 1. The van der Waals surface area contributed by atoms with Gasteiger partial charge in [0.15, 0.2) is 0 Å². The van der Waals surface area contributed by atoms with Gasteiger partial charge in [-0.2, -0.15) is 0 Å². The molecule has 5 rings (SSSR count). The van der Waals surface area contributed by atoms with Gasteiger partial charge in [-0.05, 0) is 50.0 Å². The van der Waals surface area contributed by atoms with E-state index in [4.69, 9.17) is 0 Å². The number of nitro benzene ring substituents is 1. The smallest absolute Gasteiger partial charge is 0.348 e. The Morgan fingerprint density at radius 2 is 1.86 bits per heavy atom. The van der Waals surface area contributed by atoms with Crippen molar-refractivity contribution < 1.29 is 14.9 Å². The number of aryl methyl sites for hydroxylation is 1. The van der Waals surface area contributed by atoms with Gasteiger partial charge in [-0.1, -0.05) is 5.57 Å². The van der Waals surface area contributed by atoms with Crippen molar-refractivity contribution >= 4 is 34.4 Å². The molecular formula is C24H22N6O6. The minimum atomic E-state index is -1.02. The minimum Gasteiger partial charge on any atom is -0.425 e. The molecule has 3 aromatic rings. The number of aromatic amines is 1. The molecule has 0 atom stereocenters. The van der Waals surface area contributed by atoms with E-state index in [-0.39, 0.29) is 5.69 Å². The van der Waals surface area contributed by atoms with Gasteiger partial charge >= 0.3 is 17.1 Å². The molecule has 0 bridgehead atoms. The summed E-state index contributed by atoms with van der Waals surface area (Å²) < 4.78 is 2.30. The lowest BCUT2D eigenvalue weighted by atomic mass is 9.85. The number of allylic oxidation sites excluding steroid dienone is 4. The van der Waals surface area contributed by atoms with E-state index in [1.807, 2.05) is 16.8 Å². The molecule has 2 amide bonds. The molecule has 36 heavy (non-hydrogen) atoms. The third-order valence-corrected chi connectivity index (χ3v) is 6.49. The Morgan fingerprint density at radius 1 is 1.14 bits per heavy atom. The lowest BCUT2D eigenvalue weighted by molar-refractivity contribution is -0.384. The van der Waals surface area contributed by atoms with E-state index in [1.54, 1.807) is 19.3 Å². The van der Waals surface area contributed by atoms with Crippen LogP contribution in [0.3, 0.4) is 0 Å². The van der Waals surface area contributed by atoms with Crippen LogP contribution in [0.4, 0.5) is 21.9 Å². The number of hydrogen-bond donors (Lipinski definition) is 3. The van der Waals surface area contributed by atoms with Crippen LogP contribution in [0.15, 0.2) is 64.0 Å². The number of amides is 2. The molecule has 0 unspecified atom stereocenters. The standard InChI is InChI=1S/C24H22N6O6/c1-27(24(33)25-15-4-7-16(8-5-15)30(35)36)18-10-11-28(13-18)17-6-2-14-3-9-20-21(19(14)12-17)29(34)23(32)22(31)26-20/h4-5,7-8,10-13,34H,2-3,6,9H2,1H3,(H,25,33)(H,26,31). The number of benzene rings is 1. The van der Waals surface area contributed by atoms with Gasteiger partial charge in [0.25, 0.3) is 5.69 Å². The fourth-order valence-corrected chi connectivity index (χ4v) is 4.52. The van der Waals surface area contributed by atoms with E-state index >= 15 is 0 Å². The van der Waals surface area contributed by atoms with E-state index < -0.39 is 22.1 Å². The van der Waals surface area contributed by atoms with Crippen molar-refractivity contribution in [3.05, 3.63) is 96.6 Å². The third kappa shape index (κ3) is 3.98. The number of fused-ring (bicyclic) bond motifs is 2. The summed E-state index contributed by atoms with van der Waals surface area (Å²) in [5.74, 6) is 0. The molecule has 184 valence electrons. The first-order chi connectivity index (χ1) is 17.2. The number of hydrogen-bond acceptors (Lipinski definition) is 6. The molecule has 2 aliphatic rings. The monoisotopic (exact) mass is 490 g/mol. The maximum absolute atomic E-state index is 12.7. The number of rotatable bonds is 4. The minimum absolute atomic E-state index is 0.0670. The topological polar surface area (TPSA) is 155 Å². The Balaban J connectivity index is 1.38. The zero-order chi connectivity index (χ0) is 25.6. The van der Waals surface area contributed by atoms with Gasteiger partial charge in [-0.3, -0.25) is 24.6 Å². The Bertz CT molecular complexity index is 1570. The van der Waals surface area contributed by atoms with E-state index in [0.29, 0.717) is 39.5 Å². The second kappa shape index (κ2) is 8.73. The molecule has 2 aliphatic carbocycles. The fraction of sp³-hybridized carbons (Fsp3) is 0.208. The number of anilines is 2. The van der Waals surface area contributed by atoms with Crippen LogP contribution in [0.1, 0.15) is 30.7 Å². The summed E-state index contributed by atoms with van der Waals surface area (Å²) in [6.45, 7) is 0. The molecule has 0 saturated heterocycles. The Morgan fingerprint density at radius 3 is 2.58 bits per heavy atom. The van der Waals surface area contributed by atoms with E-state index in [2.05, 4.69) is 10.3 Å². The number of nitrogens with one attached hydrogen (secondary N) is 2. The fourth-order valence-electron chi connectivity index (χ4n) is 4.52. The van der Waals surface area contributed by atoms with Crippen molar-refractivity contribution in [1.82, 2.24) is 14.3 Å². The summed E-state index contributed by atoms with van der Waals surface area (Å²) in [5, 5.41) is 23.9. The Labute approximate surface area is 203 Å². The molecule has 1 aromatic carbocycles. The molecule has 12 nitrogen and oxygen atoms in total. The number of carbonyl (C=O) groups excluding carboxylic acids is 1. The highest BCUT2D eigenvalue weighted by Crippen LogP contribution is 2.39. The van der Waals surface area contributed by atoms with Crippen molar-refractivity contribution in [2.45, 2.75) is 25.7 Å². The molecule has 2 heterocycles. The third-order valence-electron chi connectivity index (χ3n) is 6.49. The predicted molar refractivity (Wildman–Crippen MR) is 132 cm³/mol.